The predicted molar refractivity (Wildman–Crippen MR) is 109 cm³/mol. The molecule has 0 unspecified atom stereocenters. The van der Waals surface area contributed by atoms with Crippen molar-refractivity contribution in [2.45, 2.75) is 0 Å². The normalized spacial score (nSPS) is 10.7. The summed E-state index contributed by atoms with van der Waals surface area (Å²) in [6.07, 6.45) is 3.62. The van der Waals surface area contributed by atoms with Crippen molar-refractivity contribution in [3.8, 4) is 11.5 Å². The SMILES string of the molecule is COc1ccc(/C=C/c2cccc(C(=O)Nc3ccc(Cl)cc3)c2O)cc1. The van der Waals surface area contributed by atoms with Gasteiger partial charge in [0.05, 0.1) is 12.7 Å². The minimum absolute atomic E-state index is 0.0753. The molecule has 0 saturated carbocycles. The molecule has 0 heterocycles. The van der Waals surface area contributed by atoms with Crippen molar-refractivity contribution in [1.82, 2.24) is 0 Å². The van der Waals surface area contributed by atoms with Crippen molar-refractivity contribution < 1.29 is 14.6 Å². The fraction of sp³-hybridized carbons (Fsp3) is 0.0455. The third-order valence-corrected chi connectivity index (χ3v) is 4.24. The molecule has 3 aromatic carbocycles. The van der Waals surface area contributed by atoms with E-state index in [2.05, 4.69) is 5.32 Å². The van der Waals surface area contributed by atoms with Crippen LogP contribution in [0.15, 0.2) is 66.7 Å². The van der Waals surface area contributed by atoms with E-state index in [9.17, 15) is 9.90 Å². The molecular weight excluding hydrogens is 362 g/mol. The van der Waals surface area contributed by atoms with Crippen molar-refractivity contribution in [2.24, 2.45) is 0 Å². The maximum Gasteiger partial charge on any atom is 0.259 e. The molecule has 0 radical (unpaired) electrons. The molecular formula is C22H18ClNO3. The number of halogens is 1. The Morgan fingerprint density at radius 1 is 1.00 bits per heavy atom. The number of para-hydroxylation sites is 1. The summed E-state index contributed by atoms with van der Waals surface area (Å²) in [7, 11) is 1.61. The summed E-state index contributed by atoms with van der Waals surface area (Å²) in [5, 5.41) is 13.8. The first kappa shape index (κ1) is 18.5. The number of phenols is 1. The average Bonchev–Trinajstić information content (AvgIpc) is 2.69. The highest BCUT2D eigenvalue weighted by atomic mass is 35.5. The Bertz CT molecular complexity index is 964. The largest absolute Gasteiger partial charge is 0.506 e. The van der Waals surface area contributed by atoms with Gasteiger partial charge in [0.25, 0.3) is 5.91 Å². The number of phenolic OH excluding ortho intramolecular Hbond substituents is 1. The summed E-state index contributed by atoms with van der Waals surface area (Å²) < 4.78 is 5.13. The van der Waals surface area contributed by atoms with Crippen molar-refractivity contribution in [1.29, 1.82) is 0 Å². The van der Waals surface area contributed by atoms with Crippen LogP contribution in [0.1, 0.15) is 21.5 Å². The molecule has 0 atom stereocenters. The number of hydrogen-bond acceptors (Lipinski definition) is 3. The van der Waals surface area contributed by atoms with Crippen molar-refractivity contribution in [3.63, 3.8) is 0 Å². The van der Waals surface area contributed by atoms with E-state index in [4.69, 9.17) is 16.3 Å². The molecule has 3 rings (SSSR count). The lowest BCUT2D eigenvalue weighted by atomic mass is 10.1. The number of anilines is 1. The van der Waals surface area contributed by atoms with Crippen LogP contribution in [-0.4, -0.2) is 18.1 Å². The third kappa shape index (κ3) is 4.68. The van der Waals surface area contributed by atoms with E-state index in [0.29, 0.717) is 16.3 Å². The zero-order chi connectivity index (χ0) is 19.2. The van der Waals surface area contributed by atoms with Gasteiger partial charge in [0, 0.05) is 16.3 Å². The second kappa shape index (κ2) is 8.43. The standard InChI is InChI=1S/C22H18ClNO3/c1-27-19-13-6-15(7-14-19)5-8-16-3-2-4-20(21(16)25)22(26)24-18-11-9-17(23)10-12-18/h2-14,25H,1H3,(H,24,26)/b8-5+. The van der Waals surface area contributed by atoms with Gasteiger partial charge in [0.2, 0.25) is 0 Å². The number of amides is 1. The van der Waals surface area contributed by atoms with Crippen LogP contribution in [0.2, 0.25) is 5.02 Å². The van der Waals surface area contributed by atoms with Gasteiger partial charge in [0.15, 0.2) is 0 Å². The van der Waals surface area contributed by atoms with Crippen LogP contribution < -0.4 is 10.1 Å². The van der Waals surface area contributed by atoms with E-state index in [1.165, 1.54) is 0 Å². The number of benzene rings is 3. The van der Waals surface area contributed by atoms with Crippen molar-refractivity contribution in [3.05, 3.63) is 88.4 Å². The molecule has 5 heteroatoms. The molecule has 2 N–H and O–H groups in total. The van der Waals surface area contributed by atoms with Gasteiger partial charge >= 0.3 is 0 Å². The Morgan fingerprint density at radius 2 is 1.70 bits per heavy atom. The zero-order valence-corrected chi connectivity index (χ0v) is 15.4. The van der Waals surface area contributed by atoms with Gasteiger partial charge < -0.3 is 15.2 Å². The molecule has 0 aliphatic carbocycles. The summed E-state index contributed by atoms with van der Waals surface area (Å²) in [6, 6.07) is 19.3. The third-order valence-electron chi connectivity index (χ3n) is 3.99. The van der Waals surface area contributed by atoms with E-state index in [-0.39, 0.29) is 11.3 Å². The summed E-state index contributed by atoms with van der Waals surface area (Å²) in [5.74, 6) is 0.305. The Kier molecular flexibility index (Phi) is 5.79. The van der Waals surface area contributed by atoms with E-state index >= 15 is 0 Å². The van der Waals surface area contributed by atoms with Gasteiger partial charge in [-0.1, -0.05) is 48.0 Å². The molecule has 3 aromatic rings. The van der Waals surface area contributed by atoms with Crippen LogP contribution in [0.3, 0.4) is 0 Å². The fourth-order valence-corrected chi connectivity index (χ4v) is 2.64. The molecule has 0 aromatic heterocycles. The lowest BCUT2D eigenvalue weighted by Gasteiger charge is -2.09. The van der Waals surface area contributed by atoms with Crippen LogP contribution in [-0.2, 0) is 0 Å². The highest BCUT2D eigenvalue weighted by molar-refractivity contribution is 6.30. The van der Waals surface area contributed by atoms with Crippen LogP contribution >= 0.6 is 11.6 Å². The van der Waals surface area contributed by atoms with Gasteiger partial charge in [-0.2, -0.15) is 0 Å². The number of carbonyl (C=O) groups is 1. The topological polar surface area (TPSA) is 58.6 Å². The molecule has 0 spiro atoms. The summed E-state index contributed by atoms with van der Waals surface area (Å²) in [6.45, 7) is 0. The first-order chi connectivity index (χ1) is 13.1. The quantitative estimate of drug-likeness (QED) is 0.577. The molecule has 0 aliphatic rings. The number of nitrogens with one attached hydrogen (secondary N) is 1. The minimum Gasteiger partial charge on any atom is -0.506 e. The monoisotopic (exact) mass is 379 g/mol. The number of methoxy groups -OCH3 is 1. The number of ether oxygens (including phenoxy) is 1. The second-order valence-electron chi connectivity index (χ2n) is 5.81. The van der Waals surface area contributed by atoms with Crippen LogP contribution in [0.25, 0.3) is 12.2 Å². The van der Waals surface area contributed by atoms with Gasteiger partial charge in [-0.25, -0.2) is 0 Å². The number of rotatable bonds is 5. The van der Waals surface area contributed by atoms with Gasteiger partial charge in [-0.15, -0.1) is 0 Å². The molecule has 1 amide bonds. The van der Waals surface area contributed by atoms with E-state index < -0.39 is 5.91 Å². The smallest absolute Gasteiger partial charge is 0.259 e. The molecule has 4 nitrogen and oxygen atoms in total. The second-order valence-corrected chi connectivity index (χ2v) is 6.25. The average molecular weight is 380 g/mol. The predicted octanol–water partition coefficient (Wildman–Crippen LogP) is 5.48. The van der Waals surface area contributed by atoms with E-state index in [1.807, 2.05) is 30.3 Å². The van der Waals surface area contributed by atoms with Gasteiger partial charge in [0.1, 0.15) is 11.5 Å². The first-order valence-electron chi connectivity index (χ1n) is 8.28. The summed E-state index contributed by atoms with van der Waals surface area (Å²) >= 11 is 5.85. The number of aromatic hydroxyl groups is 1. The lowest BCUT2D eigenvalue weighted by molar-refractivity contribution is 0.102. The van der Waals surface area contributed by atoms with Crippen LogP contribution in [0.4, 0.5) is 5.69 Å². The molecule has 0 aliphatic heterocycles. The highest BCUT2D eigenvalue weighted by Gasteiger charge is 2.13. The Labute approximate surface area is 162 Å². The van der Waals surface area contributed by atoms with E-state index in [0.717, 1.165) is 11.3 Å². The van der Waals surface area contributed by atoms with E-state index in [1.54, 1.807) is 55.7 Å². The molecule has 0 bridgehead atoms. The van der Waals surface area contributed by atoms with Gasteiger partial charge in [-0.3, -0.25) is 4.79 Å². The van der Waals surface area contributed by atoms with Crippen molar-refractivity contribution in [2.75, 3.05) is 12.4 Å². The number of hydrogen-bond donors (Lipinski definition) is 2. The Hall–Kier alpha value is -3.24. The minimum atomic E-state index is -0.394. The van der Waals surface area contributed by atoms with Crippen LogP contribution in [0.5, 0.6) is 11.5 Å². The molecule has 0 saturated heterocycles. The van der Waals surface area contributed by atoms with Crippen LogP contribution in [0, 0.1) is 0 Å². The fourth-order valence-electron chi connectivity index (χ4n) is 2.51. The van der Waals surface area contributed by atoms with Crippen molar-refractivity contribution >= 4 is 35.3 Å². The molecule has 0 fully saturated rings. The first-order valence-corrected chi connectivity index (χ1v) is 8.65. The van der Waals surface area contributed by atoms with Gasteiger partial charge in [-0.05, 0) is 48.0 Å². The maximum absolute atomic E-state index is 12.5. The zero-order valence-electron chi connectivity index (χ0n) is 14.6. The Balaban J connectivity index is 1.79. The Morgan fingerprint density at radius 3 is 2.37 bits per heavy atom. The highest BCUT2D eigenvalue weighted by Crippen LogP contribution is 2.26. The maximum atomic E-state index is 12.5. The molecule has 136 valence electrons. The summed E-state index contributed by atoms with van der Waals surface area (Å²) in [4.78, 5) is 12.5. The summed E-state index contributed by atoms with van der Waals surface area (Å²) in [5.41, 5.74) is 2.30. The lowest BCUT2D eigenvalue weighted by Crippen LogP contribution is -2.12. The molecule has 27 heavy (non-hydrogen) atoms. The number of carbonyl (C=O) groups excluding carboxylic acids is 1.